The molecule has 2 rings (SSSR count). The molecule has 1 aliphatic carbocycles. The Hall–Kier alpha value is -1.06. The third-order valence-electron chi connectivity index (χ3n) is 2.57. The van der Waals surface area contributed by atoms with Crippen molar-refractivity contribution in [3.8, 4) is 5.75 Å². The maximum absolute atomic E-state index is 9.03. The molecule has 2 N–H and O–H groups in total. The second-order valence-corrected chi connectivity index (χ2v) is 4.06. The van der Waals surface area contributed by atoms with Gasteiger partial charge in [-0.3, -0.25) is 0 Å². The predicted octanol–water partition coefficient (Wildman–Crippen LogP) is 1.46. The van der Waals surface area contributed by atoms with Crippen molar-refractivity contribution in [2.45, 2.75) is 26.1 Å². The van der Waals surface area contributed by atoms with E-state index in [0.717, 1.165) is 23.5 Å². The Balaban J connectivity index is 2.06. The molecule has 0 heterocycles. The summed E-state index contributed by atoms with van der Waals surface area (Å²) in [5, 5.41) is 18.1. The molecule has 0 spiro atoms. The maximum Gasteiger partial charge on any atom is 0.120 e. The first-order valence-electron chi connectivity index (χ1n) is 5.29. The van der Waals surface area contributed by atoms with Crippen LogP contribution in [0, 0.1) is 5.92 Å². The fourth-order valence-electron chi connectivity index (χ4n) is 1.49. The largest absolute Gasteiger partial charge is 0.493 e. The van der Waals surface area contributed by atoms with Crippen LogP contribution in [-0.2, 0) is 13.2 Å². The third-order valence-corrected chi connectivity index (χ3v) is 2.57. The molecule has 1 saturated carbocycles. The topological polar surface area (TPSA) is 49.7 Å². The number of aliphatic hydroxyl groups is 2. The number of aliphatic hydroxyl groups excluding tert-OH is 2. The van der Waals surface area contributed by atoms with Gasteiger partial charge in [0.25, 0.3) is 0 Å². The Kier molecular flexibility index (Phi) is 3.23. The number of rotatable bonds is 5. The molecule has 0 saturated heterocycles. The second kappa shape index (κ2) is 4.64. The molecule has 1 aliphatic rings. The zero-order valence-corrected chi connectivity index (χ0v) is 8.65. The molecule has 0 atom stereocenters. The van der Waals surface area contributed by atoms with Gasteiger partial charge in [0.05, 0.1) is 19.8 Å². The van der Waals surface area contributed by atoms with E-state index >= 15 is 0 Å². The molecule has 1 aromatic carbocycles. The van der Waals surface area contributed by atoms with E-state index in [1.165, 1.54) is 12.8 Å². The molecule has 0 amide bonds. The van der Waals surface area contributed by atoms with Gasteiger partial charge < -0.3 is 14.9 Å². The van der Waals surface area contributed by atoms with Gasteiger partial charge in [-0.15, -0.1) is 0 Å². The maximum atomic E-state index is 9.03. The van der Waals surface area contributed by atoms with E-state index in [4.69, 9.17) is 14.9 Å². The summed E-state index contributed by atoms with van der Waals surface area (Å²) in [5.41, 5.74) is 1.57. The highest BCUT2D eigenvalue weighted by Crippen LogP contribution is 2.30. The van der Waals surface area contributed by atoms with Crippen molar-refractivity contribution >= 4 is 0 Å². The zero-order chi connectivity index (χ0) is 10.7. The van der Waals surface area contributed by atoms with Gasteiger partial charge in [-0.2, -0.15) is 0 Å². The van der Waals surface area contributed by atoms with Gasteiger partial charge in [0.2, 0.25) is 0 Å². The van der Waals surface area contributed by atoms with Crippen LogP contribution in [0.5, 0.6) is 5.75 Å². The van der Waals surface area contributed by atoms with Gasteiger partial charge in [0.15, 0.2) is 0 Å². The molecule has 0 aromatic heterocycles. The molecular weight excluding hydrogens is 192 g/mol. The van der Waals surface area contributed by atoms with Crippen LogP contribution in [0.15, 0.2) is 18.2 Å². The Morgan fingerprint density at radius 2 is 1.67 bits per heavy atom. The van der Waals surface area contributed by atoms with E-state index in [2.05, 4.69) is 0 Å². The van der Waals surface area contributed by atoms with Crippen molar-refractivity contribution in [2.75, 3.05) is 6.61 Å². The SMILES string of the molecule is OCc1cc(CO)cc(OCC2CC2)c1. The first kappa shape index (κ1) is 10.5. The van der Waals surface area contributed by atoms with Crippen LogP contribution in [0.2, 0.25) is 0 Å². The van der Waals surface area contributed by atoms with Crippen LogP contribution >= 0.6 is 0 Å². The van der Waals surface area contributed by atoms with Crippen molar-refractivity contribution in [3.63, 3.8) is 0 Å². The number of ether oxygens (including phenoxy) is 1. The summed E-state index contributed by atoms with van der Waals surface area (Å²) in [6.07, 6.45) is 2.51. The Morgan fingerprint density at radius 1 is 1.07 bits per heavy atom. The van der Waals surface area contributed by atoms with E-state index in [9.17, 15) is 0 Å². The number of hydrogen-bond donors (Lipinski definition) is 2. The molecule has 0 bridgehead atoms. The lowest BCUT2D eigenvalue weighted by Gasteiger charge is -2.08. The fourth-order valence-corrected chi connectivity index (χ4v) is 1.49. The van der Waals surface area contributed by atoms with Crippen LogP contribution in [0.1, 0.15) is 24.0 Å². The Bertz CT molecular complexity index is 309. The minimum Gasteiger partial charge on any atom is -0.493 e. The van der Waals surface area contributed by atoms with Crippen LogP contribution in [0.4, 0.5) is 0 Å². The lowest BCUT2D eigenvalue weighted by Crippen LogP contribution is -2.00. The first-order valence-corrected chi connectivity index (χ1v) is 5.29. The van der Waals surface area contributed by atoms with Crippen molar-refractivity contribution in [3.05, 3.63) is 29.3 Å². The standard InChI is InChI=1S/C12H16O3/c13-6-10-3-11(7-14)5-12(4-10)15-8-9-1-2-9/h3-5,9,13-14H,1-2,6-8H2. The first-order chi connectivity index (χ1) is 7.31. The number of hydrogen-bond acceptors (Lipinski definition) is 3. The summed E-state index contributed by atoms with van der Waals surface area (Å²) in [7, 11) is 0. The summed E-state index contributed by atoms with van der Waals surface area (Å²) >= 11 is 0. The monoisotopic (exact) mass is 208 g/mol. The molecule has 1 aromatic rings. The summed E-state index contributed by atoms with van der Waals surface area (Å²) in [4.78, 5) is 0. The van der Waals surface area contributed by atoms with Gasteiger partial charge >= 0.3 is 0 Å². The molecule has 82 valence electrons. The van der Waals surface area contributed by atoms with Crippen molar-refractivity contribution in [1.82, 2.24) is 0 Å². The van der Waals surface area contributed by atoms with Gasteiger partial charge in [-0.05, 0) is 42.0 Å². The van der Waals surface area contributed by atoms with E-state index in [-0.39, 0.29) is 13.2 Å². The van der Waals surface area contributed by atoms with E-state index < -0.39 is 0 Å². The summed E-state index contributed by atoms with van der Waals surface area (Å²) < 4.78 is 5.59. The second-order valence-electron chi connectivity index (χ2n) is 4.06. The van der Waals surface area contributed by atoms with Crippen LogP contribution in [-0.4, -0.2) is 16.8 Å². The van der Waals surface area contributed by atoms with Crippen LogP contribution in [0.25, 0.3) is 0 Å². The van der Waals surface area contributed by atoms with E-state index in [0.29, 0.717) is 5.92 Å². The quantitative estimate of drug-likeness (QED) is 0.770. The molecule has 0 aliphatic heterocycles. The molecule has 15 heavy (non-hydrogen) atoms. The van der Waals surface area contributed by atoms with Crippen LogP contribution in [0.3, 0.4) is 0 Å². The molecule has 0 unspecified atom stereocenters. The zero-order valence-electron chi connectivity index (χ0n) is 8.65. The Labute approximate surface area is 89.3 Å². The summed E-state index contributed by atoms with van der Waals surface area (Å²) in [6.45, 7) is 0.709. The lowest BCUT2D eigenvalue weighted by molar-refractivity contribution is 0.269. The molecular formula is C12H16O3. The molecule has 0 radical (unpaired) electrons. The fraction of sp³-hybridized carbons (Fsp3) is 0.500. The normalized spacial score (nSPS) is 15.3. The molecule has 3 nitrogen and oxygen atoms in total. The lowest BCUT2D eigenvalue weighted by atomic mass is 10.1. The van der Waals surface area contributed by atoms with Gasteiger partial charge in [-0.1, -0.05) is 6.07 Å². The number of benzene rings is 1. The Morgan fingerprint density at radius 3 is 2.13 bits per heavy atom. The van der Waals surface area contributed by atoms with Gasteiger partial charge in [0, 0.05) is 0 Å². The average molecular weight is 208 g/mol. The predicted molar refractivity (Wildman–Crippen MR) is 56.5 cm³/mol. The van der Waals surface area contributed by atoms with E-state index in [1.54, 1.807) is 6.07 Å². The van der Waals surface area contributed by atoms with Crippen molar-refractivity contribution in [1.29, 1.82) is 0 Å². The summed E-state index contributed by atoms with van der Waals surface area (Å²) in [6, 6.07) is 5.42. The minimum atomic E-state index is -0.0202. The smallest absolute Gasteiger partial charge is 0.120 e. The highest BCUT2D eigenvalue weighted by atomic mass is 16.5. The highest BCUT2D eigenvalue weighted by molar-refractivity contribution is 5.34. The van der Waals surface area contributed by atoms with Crippen molar-refractivity contribution in [2.24, 2.45) is 5.92 Å². The average Bonchev–Trinajstić information content (AvgIpc) is 3.09. The minimum absolute atomic E-state index is 0.0202. The third kappa shape index (κ3) is 2.94. The van der Waals surface area contributed by atoms with Gasteiger partial charge in [-0.25, -0.2) is 0 Å². The molecule has 1 fully saturated rings. The molecule has 3 heteroatoms. The van der Waals surface area contributed by atoms with Crippen LogP contribution < -0.4 is 4.74 Å². The van der Waals surface area contributed by atoms with Crippen molar-refractivity contribution < 1.29 is 14.9 Å². The van der Waals surface area contributed by atoms with Gasteiger partial charge in [0.1, 0.15) is 5.75 Å². The summed E-state index contributed by atoms with van der Waals surface area (Å²) in [5.74, 6) is 1.46. The van der Waals surface area contributed by atoms with E-state index in [1.807, 2.05) is 12.1 Å². The highest BCUT2D eigenvalue weighted by Gasteiger charge is 2.21.